The molecule has 1 aromatic carbocycles. The third-order valence-electron chi connectivity index (χ3n) is 4.13. The monoisotopic (exact) mass is 358 g/mol. The van der Waals surface area contributed by atoms with Crippen molar-refractivity contribution in [3.63, 3.8) is 0 Å². The molecule has 2 aromatic rings. The molecule has 1 aromatic heterocycles. The minimum absolute atomic E-state index is 0.0587. The van der Waals surface area contributed by atoms with Crippen molar-refractivity contribution in [2.45, 2.75) is 4.90 Å². The quantitative estimate of drug-likeness (QED) is 0.835. The third-order valence-corrected chi connectivity index (χ3v) is 6.13. The fourth-order valence-corrected chi connectivity index (χ4v) is 4.82. The Morgan fingerprint density at radius 1 is 1.42 bits per heavy atom. The van der Waals surface area contributed by atoms with Crippen molar-refractivity contribution in [2.75, 3.05) is 25.4 Å². The van der Waals surface area contributed by atoms with Crippen LogP contribution in [-0.2, 0) is 11.8 Å². The van der Waals surface area contributed by atoms with Crippen LogP contribution < -0.4 is 5.32 Å². The first-order chi connectivity index (χ1) is 11.7. The van der Waals surface area contributed by atoms with Crippen LogP contribution >= 0.6 is 23.5 Å². The lowest BCUT2D eigenvalue weighted by molar-refractivity contribution is -0.118. The highest BCUT2D eigenvalue weighted by molar-refractivity contribution is 8.16. The van der Waals surface area contributed by atoms with Crippen molar-refractivity contribution in [1.29, 1.82) is 0 Å². The van der Waals surface area contributed by atoms with Crippen molar-refractivity contribution in [3.05, 3.63) is 41.6 Å². The lowest BCUT2D eigenvalue weighted by Crippen LogP contribution is -2.32. The molecule has 7 heteroatoms. The van der Waals surface area contributed by atoms with Crippen LogP contribution in [0.1, 0.15) is 0 Å². The Hall–Kier alpha value is -1.86. The van der Waals surface area contributed by atoms with Gasteiger partial charge in [0.2, 0.25) is 5.91 Å². The average Bonchev–Trinajstić information content (AvgIpc) is 3.27. The van der Waals surface area contributed by atoms with E-state index in [2.05, 4.69) is 43.5 Å². The van der Waals surface area contributed by atoms with Crippen LogP contribution in [0.3, 0.4) is 0 Å². The van der Waals surface area contributed by atoms with Crippen LogP contribution in [0.15, 0.2) is 51.5 Å². The topological polar surface area (TPSA) is 49.6 Å². The number of rotatable bonds is 5. The molecule has 0 atom stereocenters. The lowest BCUT2D eigenvalue weighted by Gasteiger charge is -2.16. The first-order valence-electron chi connectivity index (χ1n) is 7.83. The summed E-state index contributed by atoms with van der Waals surface area (Å²) in [6.07, 6.45) is 2.09. The van der Waals surface area contributed by atoms with Gasteiger partial charge in [-0.1, -0.05) is 30.0 Å². The number of carbonyl (C=O) groups is 1. The van der Waals surface area contributed by atoms with Gasteiger partial charge in [-0.25, -0.2) is 0 Å². The summed E-state index contributed by atoms with van der Waals surface area (Å²) in [5, 5.41) is 7.36. The van der Waals surface area contributed by atoms with E-state index in [4.69, 9.17) is 0 Å². The molecule has 0 bridgehead atoms. The maximum absolute atomic E-state index is 12.2. The highest BCUT2D eigenvalue weighted by atomic mass is 32.2. The summed E-state index contributed by atoms with van der Waals surface area (Å²) in [6, 6.07) is 8.27. The van der Waals surface area contributed by atoms with Crippen molar-refractivity contribution in [2.24, 2.45) is 12.0 Å². The van der Waals surface area contributed by atoms with Crippen molar-refractivity contribution in [3.8, 4) is 0 Å². The molecule has 2 aliphatic rings. The number of aliphatic imine (C=N–C) groups is 1. The number of amides is 1. The van der Waals surface area contributed by atoms with E-state index in [9.17, 15) is 4.79 Å². The number of hydrogen-bond donors (Lipinski definition) is 1. The van der Waals surface area contributed by atoms with Crippen molar-refractivity contribution >= 4 is 45.5 Å². The number of fused-ring (bicyclic) bond motifs is 2. The number of carbonyl (C=O) groups excluding carboxylic acids is 1. The molecule has 124 valence electrons. The number of para-hydroxylation sites is 1. The van der Waals surface area contributed by atoms with Gasteiger partial charge in [0.05, 0.1) is 18.8 Å². The zero-order valence-corrected chi connectivity index (χ0v) is 15.0. The summed E-state index contributed by atoms with van der Waals surface area (Å²) < 4.78 is 2.10. The minimum Gasteiger partial charge on any atom is -0.350 e. The fraction of sp³-hybridized carbons (Fsp3) is 0.294. The molecule has 0 unspecified atom stereocenters. The standard InChI is InChI=1S/C17H18N4OS2/c1-20-9-15(13-4-2-3-5-14(13)20)23-11-16(22)19-8-12-10-24-17-18-6-7-21(12)17/h2-5,9-10H,6-8,11H2,1H3,(H,19,22). The number of nitrogens with one attached hydrogen (secondary N) is 1. The van der Waals surface area contributed by atoms with E-state index in [-0.39, 0.29) is 5.91 Å². The maximum Gasteiger partial charge on any atom is 0.230 e. The van der Waals surface area contributed by atoms with E-state index in [0.717, 1.165) is 28.8 Å². The van der Waals surface area contributed by atoms with Crippen LogP contribution in [0.4, 0.5) is 0 Å². The Bertz CT molecular complexity index is 855. The molecule has 0 radical (unpaired) electrons. The van der Waals surface area contributed by atoms with Crippen molar-refractivity contribution in [1.82, 2.24) is 14.8 Å². The number of amidine groups is 1. The van der Waals surface area contributed by atoms with Crippen LogP contribution in [0.2, 0.25) is 0 Å². The van der Waals surface area contributed by atoms with Gasteiger partial charge >= 0.3 is 0 Å². The van der Waals surface area contributed by atoms with Gasteiger partial charge in [-0.2, -0.15) is 0 Å². The summed E-state index contributed by atoms with van der Waals surface area (Å²) in [5.74, 6) is 0.485. The predicted molar refractivity (Wildman–Crippen MR) is 101 cm³/mol. The third kappa shape index (κ3) is 2.93. The first kappa shape index (κ1) is 15.7. The number of aryl methyl sites for hydroxylation is 1. The molecule has 0 fully saturated rings. The number of hydrogen-bond acceptors (Lipinski definition) is 5. The molecule has 0 spiro atoms. The average molecular weight is 358 g/mol. The van der Waals surface area contributed by atoms with Gasteiger partial charge in [-0.15, -0.1) is 11.8 Å². The number of nitrogens with zero attached hydrogens (tertiary/aromatic N) is 3. The molecular formula is C17H18N4OS2. The van der Waals surface area contributed by atoms with Crippen LogP contribution in [-0.4, -0.2) is 45.9 Å². The molecule has 0 aliphatic carbocycles. The molecule has 4 rings (SSSR count). The second-order valence-corrected chi connectivity index (χ2v) is 7.58. The molecular weight excluding hydrogens is 340 g/mol. The van der Waals surface area contributed by atoms with Gasteiger partial charge in [0.15, 0.2) is 5.17 Å². The second kappa shape index (κ2) is 6.57. The Balaban J connectivity index is 1.33. The van der Waals surface area contributed by atoms with E-state index in [1.54, 1.807) is 23.5 Å². The predicted octanol–water partition coefficient (Wildman–Crippen LogP) is 2.65. The SMILES string of the molecule is Cn1cc(SCC(=O)NCC2=CSC3=NCCN23)c2ccccc21. The van der Waals surface area contributed by atoms with E-state index < -0.39 is 0 Å². The second-order valence-electron chi connectivity index (χ2n) is 5.73. The minimum atomic E-state index is 0.0587. The number of benzene rings is 1. The largest absolute Gasteiger partial charge is 0.350 e. The van der Waals surface area contributed by atoms with Crippen LogP contribution in [0.25, 0.3) is 10.9 Å². The number of thioether (sulfide) groups is 2. The number of aromatic nitrogens is 1. The molecule has 1 N–H and O–H groups in total. The summed E-state index contributed by atoms with van der Waals surface area (Å²) in [6.45, 7) is 2.35. The summed E-state index contributed by atoms with van der Waals surface area (Å²) >= 11 is 3.23. The Morgan fingerprint density at radius 2 is 2.29 bits per heavy atom. The molecule has 2 aliphatic heterocycles. The molecule has 24 heavy (non-hydrogen) atoms. The summed E-state index contributed by atoms with van der Waals surface area (Å²) in [7, 11) is 2.03. The zero-order valence-electron chi connectivity index (χ0n) is 13.4. The van der Waals surface area contributed by atoms with Gasteiger partial charge < -0.3 is 14.8 Å². The molecule has 3 heterocycles. The normalized spacial score (nSPS) is 16.3. The molecule has 0 saturated carbocycles. The van der Waals surface area contributed by atoms with Gasteiger partial charge in [-0.3, -0.25) is 9.79 Å². The van der Waals surface area contributed by atoms with Gasteiger partial charge in [0.1, 0.15) is 0 Å². The fourth-order valence-electron chi connectivity index (χ4n) is 2.92. The molecule has 1 amide bonds. The Morgan fingerprint density at radius 3 is 3.21 bits per heavy atom. The van der Waals surface area contributed by atoms with Crippen molar-refractivity contribution < 1.29 is 4.79 Å². The Kier molecular flexibility index (Phi) is 4.28. The molecule has 5 nitrogen and oxygen atoms in total. The lowest BCUT2D eigenvalue weighted by atomic mass is 10.2. The smallest absolute Gasteiger partial charge is 0.230 e. The van der Waals surface area contributed by atoms with Gasteiger partial charge in [-0.05, 0) is 6.07 Å². The van der Waals surface area contributed by atoms with Gasteiger partial charge in [0.25, 0.3) is 0 Å². The zero-order chi connectivity index (χ0) is 16.5. The van der Waals surface area contributed by atoms with E-state index in [1.807, 2.05) is 19.2 Å². The Labute approximate surface area is 149 Å². The summed E-state index contributed by atoms with van der Waals surface area (Å²) in [5.41, 5.74) is 2.33. The highest BCUT2D eigenvalue weighted by Crippen LogP contribution is 2.30. The highest BCUT2D eigenvalue weighted by Gasteiger charge is 2.26. The van der Waals surface area contributed by atoms with E-state index >= 15 is 0 Å². The van der Waals surface area contributed by atoms with Crippen LogP contribution in [0, 0.1) is 0 Å². The van der Waals surface area contributed by atoms with E-state index in [0.29, 0.717) is 12.3 Å². The molecule has 0 saturated heterocycles. The van der Waals surface area contributed by atoms with Crippen LogP contribution in [0.5, 0.6) is 0 Å². The maximum atomic E-state index is 12.2. The van der Waals surface area contributed by atoms with Gasteiger partial charge in [0, 0.05) is 46.7 Å². The summed E-state index contributed by atoms with van der Waals surface area (Å²) in [4.78, 5) is 19.9. The van der Waals surface area contributed by atoms with E-state index in [1.165, 1.54) is 10.9 Å². The first-order valence-corrected chi connectivity index (χ1v) is 9.70.